The van der Waals surface area contributed by atoms with Gasteiger partial charge in [-0.1, -0.05) is 38.1 Å². The molecule has 0 fully saturated rings. The van der Waals surface area contributed by atoms with Gasteiger partial charge in [0.2, 0.25) is 0 Å². The predicted molar refractivity (Wildman–Crippen MR) is 108 cm³/mol. The third-order valence-electron chi connectivity index (χ3n) is 4.09. The van der Waals surface area contributed by atoms with Crippen LogP contribution in [0.1, 0.15) is 26.7 Å². The summed E-state index contributed by atoms with van der Waals surface area (Å²) in [4.78, 5) is 27.9. The van der Waals surface area contributed by atoms with E-state index in [0.717, 1.165) is 48.1 Å². The van der Waals surface area contributed by atoms with Gasteiger partial charge in [0, 0.05) is 38.0 Å². The molecule has 0 bridgehead atoms. The van der Waals surface area contributed by atoms with Crippen molar-refractivity contribution in [2.45, 2.75) is 26.7 Å². The summed E-state index contributed by atoms with van der Waals surface area (Å²) in [7, 11) is 3.39. The van der Waals surface area contributed by atoms with Crippen molar-refractivity contribution in [2.24, 2.45) is 0 Å². The van der Waals surface area contributed by atoms with Gasteiger partial charge >= 0.3 is 12.1 Å². The predicted octanol–water partition coefficient (Wildman–Crippen LogP) is 4.59. The Morgan fingerprint density at radius 2 is 1.27 bits per heavy atom. The van der Waals surface area contributed by atoms with E-state index in [2.05, 4.69) is 24.5 Å². The number of rotatable bonds is 6. The zero-order valence-electron chi connectivity index (χ0n) is 16.0. The lowest BCUT2D eigenvalue weighted by Crippen LogP contribution is -2.36. The molecule has 0 aliphatic rings. The number of nitrogens with one attached hydrogen (secondary N) is 2. The van der Waals surface area contributed by atoms with Crippen molar-refractivity contribution < 1.29 is 9.59 Å². The van der Waals surface area contributed by atoms with Gasteiger partial charge in [-0.2, -0.15) is 0 Å². The van der Waals surface area contributed by atoms with Gasteiger partial charge in [-0.3, -0.25) is 0 Å². The lowest BCUT2D eigenvalue weighted by Gasteiger charge is -2.22. The molecule has 2 N–H and O–H groups in total. The van der Waals surface area contributed by atoms with Crippen LogP contribution in [0.3, 0.4) is 0 Å². The molecular formula is C20H28N4O2. The largest absolute Gasteiger partial charge is 0.331 e. The second-order valence-electron chi connectivity index (χ2n) is 6.45. The van der Waals surface area contributed by atoms with Gasteiger partial charge in [0.05, 0.1) is 11.4 Å². The third kappa shape index (κ3) is 4.65. The van der Waals surface area contributed by atoms with Crippen LogP contribution in [0, 0.1) is 0 Å². The van der Waals surface area contributed by atoms with Crippen molar-refractivity contribution in [3.63, 3.8) is 0 Å². The molecule has 0 saturated carbocycles. The summed E-state index contributed by atoms with van der Waals surface area (Å²) in [6.45, 7) is 5.59. The average Bonchev–Trinajstić information content (AvgIpc) is 2.62. The van der Waals surface area contributed by atoms with Crippen LogP contribution >= 0.6 is 0 Å². The van der Waals surface area contributed by atoms with Gasteiger partial charge in [0.15, 0.2) is 0 Å². The molecule has 0 atom stereocenters. The summed E-state index contributed by atoms with van der Waals surface area (Å²) in [6, 6.07) is 11.1. The molecule has 6 nitrogen and oxygen atoms in total. The van der Waals surface area contributed by atoms with Crippen LogP contribution in [-0.4, -0.2) is 49.0 Å². The number of urea groups is 2. The first-order valence-corrected chi connectivity index (χ1v) is 9.03. The highest BCUT2D eigenvalue weighted by Crippen LogP contribution is 2.29. The van der Waals surface area contributed by atoms with E-state index < -0.39 is 0 Å². The summed E-state index contributed by atoms with van der Waals surface area (Å²) in [5.74, 6) is 0. The van der Waals surface area contributed by atoms with E-state index in [1.807, 2.05) is 41.3 Å². The van der Waals surface area contributed by atoms with Crippen molar-refractivity contribution in [2.75, 3.05) is 37.8 Å². The Kier molecular flexibility index (Phi) is 6.83. The Morgan fingerprint density at radius 3 is 1.69 bits per heavy atom. The Morgan fingerprint density at radius 1 is 0.808 bits per heavy atom. The van der Waals surface area contributed by atoms with E-state index in [9.17, 15) is 9.59 Å². The Labute approximate surface area is 155 Å². The van der Waals surface area contributed by atoms with Crippen LogP contribution in [0.15, 0.2) is 36.4 Å². The number of anilines is 2. The van der Waals surface area contributed by atoms with E-state index in [0.29, 0.717) is 0 Å². The summed E-state index contributed by atoms with van der Waals surface area (Å²) >= 11 is 0. The molecule has 0 unspecified atom stereocenters. The third-order valence-corrected chi connectivity index (χ3v) is 4.09. The molecule has 6 heteroatoms. The minimum absolute atomic E-state index is 0.0936. The first-order chi connectivity index (χ1) is 12.5. The Hall–Kier alpha value is -2.76. The van der Waals surface area contributed by atoms with Crippen molar-refractivity contribution in [1.29, 1.82) is 0 Å². The van der Waals surface area contributed by atoms with Gasteiger partial charge in [-0.15, -0.1) is 0 Å². The Balaban J connectivity index is 2.31. The quantitative estimate of drug-likeness (QED) is 0.795. The number of fused-ring (bicyclic) bond motifs is 1. The molecule has 0 aliphatic carbocycles. The SMILES string of the molecule is CCCN(CCC)C(=O)Nc1cccc2c(NC(=O)N(C)C)cccc12. The monoisotopic (exact) mass is 356 g/mol. The van der Waals surface area contributed by atoms with Crippen molar-refractivity contribution in [1.82, 2.24) is 9.80 Å². The van der Waals surface area contributed by atoms with Gasteiger partial charge in [-0.25, -0.2) is 9.59 Å². The van der Waals surface area contributed by atoms with Gasteiger partial charge in [0.25, 0.3) is 0 Å². The molecule has 0 heterocycles. The number of hydrogen-bond acceptors (Lipinski definition) is 2. The second-order valence-corrected chi connectivity index (χ2v) is 6.45. The molecule has 0 saturated heterocycles. The van der Waals surface area contributed by atoms with Crippen LogP contribution in [-0.2, 0) is 0 Å². The number of carbonyl (C=O) groups is 2. The average molecular weight is 356 g/mol. The fourth-order valence-corrected chi connectivity index (χ4v) is 2.80. The van der Waals surface area contributed by atoms with Crippen LogP contribution in [0.25, 0.3) is 10.8 Å². The number of amides is 4. The zero-order valence-corrected chi connectivity index (χ0v) is 16.0. The molecule has 4 amide bonds. The number of nitrogens with zero attached hydrogens (tertiary/aromatic N) is 2. The lowest BCUT2D eigenvalue weighted by molar-refractivity contribution is 0.211. The van der Waals surface area contributed by atoms with Gasteiger partial charge in [-0.05, 0) is 25.0 Å². The van der Waals surface area contributed by atoms with E-state index in [1.165, 1.54) is 4.90 Å². The van der Waals surface area contributed by atoms with Gasteiger partial charge in [0.1, 0.15) is 0 Å². The van der Waals surface area contributed by atoms with Crippen LogP contribution in [0.4, 0.5) is 21.0 Å². The van der Waals surface area contributed by atoms with Crippen molar-refractivity contribution in [3.8, 4) is 0 Å². The molecule has 2 aromatic carbocycles. The molecule has 0 radical (unpaired) electrons. The molecule has 26 heavy (non-hydrogen) atoms. The van der Waals surface area contributed by atoms with Gasteiger partial charge < -0.3 is 20.4 Å². The van der Waals surface area contributed by atoms with E-state index >= 15 is 0 Å². The van der Waals surface area contributed by atoms with Crippen LogP contribution in [0.5, 0.6) is 0 Å². The standard InChI is InChI=1S/C20H28N4O2/c1-5-13-24(14-6-2)20(26)22-18-12-8-9-15-16(18)10-7-11-17(15)21-19(25)23(3)4/h7-12H,5-6,13-14H2,1-4H3,(H,21,25)(H,22,26). The maximum atomic E-state index is 12.6. The number of hydrogen-bond donors (Lipinski definition) is 2. The maximum absolute atomic E-state index is 12.6. The molecule has 0 aromatic heterocycles. The molecule has 0 spiro atoms. The first kappa shape index (κ1) is 19.6. The summed E-state index contributed by atoms with van der Waals surface area (Å²) in [5.41, 5.74) is 1.46. The molecule has 140 valence electrons. The number of carbonyl (C=O) groups excluding carboxylic acids is 2. The topological polar surface area (TPSA) is 64.7 Å². The van der Waals surface area contributed by atoms with Crippen molar-refractivity contribution >= 4 is 34.2 Å². The summed E-state index contributed by atoms with van der Waals surface area (Å²) < 4.78 is 0. The fourth-order valence-electron chi connectivity index (χ4n) is 2.80. The molecule has 2 aromatic rings. The second kappa shape index (κ2) is 9.08. The van der Waals surface area contributed by atoms with E-state index in [1.54, 1.807) is 14.1 Å². The highest BCUT2D eigenvalue weighted by Gasteiger charge is 2.14. The number of benzene rings is 2. The smallest absolute Gasteiger partial charge is 0.321 e. The van der Waals surface area contributed by atoms with E-state index in [-0.39, 0.29) is 12.1 Å². The Bertz CT molecular complexity index is 767. The van der Waals surface area contributed by atoms with E-state index in [4.69, 9.17) is 0 Å². The first-order valence-electron chi connectivity index (χ1n) is 9.03. The fraction of sp³-hybridized carbons (Fsp3) is 0.400. The minimum atomic E-state index is -0.191. The summed E-state index contributed by atoms with van der Waals surface area (Å²) in [6.07, 6.45) is 1.84. The highest BCUT2D eigenvalue weighted by atomic mass is 16.2. The molecular weight excluding hydrogens is 328 g/mol. The van der Waals surface area contributed by atoms with Crippen molar-refractivity contribution in [3.05, 3.63) is 36.4 Å². The maximum Gasteiger partial charge on any atom is 0.321 e. The summed E-state index contributed by atoms with van der Waals surface area (Å²) in [5, 5.41) is 7.69. The minimum Gasteiger partial charge on any atom is -0.331 e. The lowest BCUT2D eigenvalue weighted by atomic mass is 10.1. The normalized spacial score (nSPS) is 10.5. The van der Waals surface area contributed by atoms with Crippen LogP contribution in [0.2, 0.25) is 0 Å². The van der Waals surface area contributed by atoms with Crippen LogP contribution < -0.4 is 10.6 Å². The zero-order chi connectivity index (χ0) is 19.1. The highest BCUT2D eigenvalue weighted by molar-refractivity contribution is 6.08. The molecule has 0 aliphatic heterocycles. The molecule has 2 rings (SSSR count).